The number of pyridine rings is 1. The molecule has 7 heteroatoms. The van der Waals surface area contributed by atoms with Gasteiger partial charge in [0.1, 0.15) is 0 Å². The Morgan fingerprint density at radius 2 is 1.92 bits per heavy atom. The van der Waals surface area contributed by atoms with Gasteiger partial charge in [0, 0.05) is 12.5 Å². The first-order valence-corrected chi connectivity index (χ1v) is 4.81. The van der Waals surface area contributed by atoms with E-state index in [1.807, 2.05) is 0 Å². The molecular weight excluding hydrogens is 235 g/mol. The van der Waals surface area contributed by atoms with Crippen LogP contribution >= 0.6 is 24.8 Å². The van der Waals surface area contributed by atoms with Gasteiger partial charge in [0.05, 0.1) is 5.69 Å². The Morgan fingerprint density at radius 1 is 1.38 bits per heavy atom. The van der Waals surface area contributed by atoms with Crippen LogP contribution in [0.4, 0.5) is 5.69 Å². The summed E-state index contributed by atoms with van der Waals surface area (Å²) in [7, 11) is -3.27. The maximum Gasteiger partial charge on any atom is 0.194 e. The van der Waals surface area contributed by atoms with Crippen LogP contribution in [0.25, 0.3) is 0 Å². The molecule has 0 radical (unpaired) electrons. The molecule has 0 saturated carbocycles. The van der Waals surface area contributed by atoms with E-state index in [2.05, 4.69) is 4.98 Å². The number of hydrogen-bond acceptors (Lipinski definition) is 4. The van der Waals surface area contributed by atoms with E-state index >= 15 is 0 Å². The largest absolute Gasteiger partial charge is 0.396 e. The van der Waals surface area contributed by atoms with E-state index < -0.39 is 9.84 Å². The highest BCUT2D eigenvalue weighted by Gasteiger charge is 2.11. The van der Waals surface area contributed by atoms with Crippen LogP contribution in [-0.4, -0.2) is 19.7 Å². The van der Waals surface area contributed by atoms with E-state index in [1.54, 1.807) is 6.07 Å². The van der Waals surface area contributed by atoms with E-state index in [4.69, 9.17) is 5.73 Å². The number of nitrogens with two attached hydrogens (primary N) is 1. The number of anilines is 1. The van der Waals surface area contributed by atoms with Crippen molar-refractivity contribution in [2.45, 2.75) is 5.03 Å². The Balaban J connectivity index is 0. The van der Waals surface area contributed by atoms with Gasteiger partial charge in [-0.15, -0.1) is 24.8 Å². The predicted molar refractivity (Wildman–Crippen MR) is 56.3 cm³/mol. The lowest BCUT2D eigenvalue weighted by Crippen LogP contribution is -2.04. The van der Waals surface area contributed by atoms with Gasteiger partial charge in [-0.2, -0.15) is 0 Å². The molecule has 0 aliphatic rings. The summed E-state index contributed by atoms with van der Waals surface area (Å²) in [6.07, 6.45) is 2.47. The van der Waals surface area contributed by atoms with Crippen molar-refractivity contribution in [2.24, 2.45) is 0 Å². The second kappa shape index (κ2) is 5.26. The maximum absolute atomic E-state index is 10.9. The lowest BCUT2D eigenvalue weighted by molar-refractivity contribution is 0.599. The molecule has 2 N–H and O–H groups in total. The number of nitrogens with zero attached hydrogens (tertiary/aromatic N) is 1. The highest BCUT2D eigenvalue weighted by molar-refractivity contribution is 7.90. The molecule has 0 saturated heterocycles. The zero-order chi connectivity index (χ0) is 8.48. The molecule has 0 fully saturated rings. The van der Waals surface area contributed by atoms with Gasteiger partial charge in [0.2, 0.25) is 0 Å². The highest BCUT2D eigenvalue weighted by atomic mass is 35.5. The summed E-state index contributed by atoms with van der Waals surface area (Å²) in [5.41, 5.74) is 5.55. The maximum atomic E-state index is 10.9. The minimum absolute atomic E-state index is 0. The van der Waals surface area contributed by atoms with Crippen molar-refractivity contribution in [3.63, 3.8) is 0 Å². The average Bonchev–Trinajstić information content (AvgIpc) is 1.86. The van der Waals surface area contributed by atoms with Crippen LogP contribution in [0.5, 0.6) is 0 Å². The van der Waals surface area contributed by atoms with Crippen molar-refractivity contribution < 1.29 is 8.42 Å². The van der Waals surface area contributed by atoms with Gasteiger partial charge in [-0.3, -0.25) is 0 Å². The lowest BCUT2D eigenvalue weighted by Gasteiger charge is -1.98. The van der Waals surface area contributed by atoms with E-state index in [0.717, 1.165) is 6.26 Å². The van der Waals surface area contributed by atoms with Crippen molar-refractivity contribution in [3.05, 3.63) is 18.3 Å². The summed E-state index contributed by atoms with van der Waals surface area (Å²) in [6.45, 7) is 0. The molecule has 0 bridgehead atoms. The SMILES string of the molecule is CS(=O)(=O)c1ncccc1N.Cl.Cl. The van der Waals surface area contributed by atoms with Crippen LogP contribution in [-0.2, 0) is 9.84 Å². The van der Waals surface area contributed by atoms with Crippen molar-refractivity contribution in [2.75, 3.05) is 12.0 Å². The van der Waals surface area contributed by atoms with Gasteiger partial charge in [-0.1, -0.05) is 0 Å². The zero-order valence-electron chi connectivity index (χ0n) is 6.80. The molecule has 0 amide bonds. The third kappa shape index (κ3) is 3.80. The second-order valence-corrected chi connectivity index (χ2v) is 4.10. The molecule has 0 atom stereocenters. The van der Waals surface area contributed by atoms with Crippen LogP contribution in [0.15, 0.2) is 23.4 Å². The Hall–Kier alpha value is -0.520. The molecule has 1 heterocycles. The summed E-state index contributed by atoms with van der Waals surface area (Å²) >= 11 is 0. The molecule has 4 nitrogen and oxygen atoms in total. The minimum Gasteiger partial charge on any atom is -0.396 e. The van der Waals surface area contributed by atoms with Crippen molar-refractivity contribution in [3.8, 4) is 0 Å². The number of hydrogen-bond donors (Lipinski definition) is 1. The summed E-state index contributed by atoms with van der Waals surface area (Å²) in [6, 6.07) is 3.09. The van der Waals surface area contributed by atoms with Gasteiger partial charge >= 0.3 is 0 Å². The predicted octanol–water partition coefficient (Wildman–Crippen LogP) is 0.911. The van der Waals surface area contributed by atoms with Crippen molar-refractivity contribution in [1.82, 2.24) is 4.98 Å². The first kappa shape index (κ1) is 15.0. The first-order chi connectivity index (χ1) is 5.02. The van der Waals surface area contributed by atoms with Gasteiger partial charge in [0.15, 0.2) is 14.9 Å². The molecule has 76 valence electrons. The molecule has 0 aliphatic carbocycles. The summed E-state index contributed by atoms with van der Waals surface area (Å²) in [5.74, 6) is 0. The van der Waals surface area contributed by atoms with Gasteiger partial charge in [0.25, 0.3) is 0 Å². The molecule has 1 aromatic rings. The first-order valence-electron chi connectivity index (χ1n) is 2.92. The Morgan fingerprint density at radius 3 is 2.23 bits per heavy atom. The zero-order valence-corrected chi connectivity index (χ0v) is 9.25. The molecule has 13 heavy (non-hydrogen) atoms. The number of sulfone groups is 1. The summed E-state index contributed by atoms with van der Waals surface area (Å²) in [4.78, 5) is 3.64. The number of aromatic nitrogens is 1. The fraction of sp³-hybridized carbons (Fsp3) is 0.167. The molecule has 1 aromatic heterocycles. The van der Waals surface area contributed by atoms with E-state index in [9.17, 15) is 8.42 Å². The Bertz CT molecular complexity index is 367. The molecule has 0 aliphatic heterocycles. The average molecular weight is 245 g/mol. The van der Waals surface area contributed by atoms with E-state index in [0.29, 0.717) is 0 Å². The lowest BCUT2D eigenvalue weighted by atomic mass is 10.4. The van der Waals surface area contributed by atoms with Crippen LogP contribution in [0.1, 0.15) is 0 Å². The third-order valence-electron chi connectivity index (χ3n) is 1.15. The monoisotopic (exact) mass is 244 g/mol. The molecular formula is C6H10Cl2N2O2S. The minimum atomic E-state index is -3.27. The van der Waals surface area contributed by atoms with E-state index in [-0.39, 0.29) is 35.5 Å². The van der Waals surface area contributed by atoms with E-state index in [1.165, 1.54) is 12.3 Å². The van der Waals surface area contributed by atoms with Gasteiger partial charge in [-0.05, 0) is 12.1 Å². The fourth-order valence-corrected chi connectivity index (χ4v) is 1.46. The van der Waals surface area contributed by atoms with Crippen LogP contribution in [0, 0.1) is 0 Å². The normalized spacial score (nSPS) is 9.62. The van der Waals surface area contributed by atoms with Crippen LogP contribution < -0.4 is 5.73 Å². The number of nitrogen functional groups attached to an aromatic ring is 1. The van der Waals surface area contributed by atoms with Crippen molar-refractivity contribution >= 4 is 40.3 Å². The fourth-order valence-electron chi connectivity index (χ4n) is 0.713. The van der Waals surface area contributed by atoms with Crippen LogP contribution in [0.3, 0.4) is 0 Å². The summed E-state index contributed by atoms with van der Waals surface area (Å²) in [5, 5.41) is -0.0556. The number of rotatable bonds is 1. The molecule has 0 spiro atoms. The topological polar surface area (TPSA) is 73.0 Å². The second-order valence-electron chi connectivity index (χ2n) is 2.17. The molecule has 0 aromatic carbocycles. The highest BCUT2D eigenvalue weighted by Crippen LogP contribution is 2.12. The molecule has 0 unspecified atom stereocenters. The standard InChI is InChI=1S/C6H8N2O2S.2ClH/c1-11(9,10)6-5(7)3-2-4-8-6;;/h2-4H,7H2,1H3;2*1H. The van der Waals surface area contributed by atoms with Crippen molar-refractivity contribution in [1.29, 1.82) is 0 Å². The molecule has 1 rings (SSSR count). The van der Waals surface area contributed by atoms with Gasteiger partial charge < -0.3 is 5.73 Å². The Labute approximate surface area is 89.3 Å². The quantitative estimate of drug-likeness (QED) is 0.798. The van der Waals surface area contributed by atoms with Gasteiger partial charge in [-0.25, -0.2) is 13.4 Å². The van der Waals surface area contributed by atoms with Crippen LogP contribution in [0.2, 0.25) is 0 Å². The summed E-state index contributed by atoms with van der Waals surface area (Å²) < 4.78 is 21.8. The third-order valence-corrected chi connectivity index (χ3v) is 2.20. The number of halogens is 2. The smallest absolute Gasteiger partial charge is 0.194 e. The Kier molecular flexibility index (Phi) is 6.06.